The summed E-state index contributed by atoms with van der Waals surface area (Å²) in [6, 6.07) is 5.80. The van der Waals surface area contributed by atoms with Crippen molar-refractivity contribution in [1.82, 2.24) is 0 Å². The molecule has 0 radical (unpaired) electrons. The van der Waals surface area contributed by atoms with Crippen LogP contribution in [0.4, 0.5) is 0 Å². The molecule has 114 valence electrons. The van der Waals surface area contributed by atoms with Crippen LogP contribution in [0.1, 0.15) is 39.7 Å². The minimum atomic E-state index is -0.148. The average molecular weight is 300 g/mol. The van der Waals surface area contributed by atoms with Gasteiger partial charge in [0.15, 0.2) is 0 Å². The Hall–Kier alpha value is -0.770. The standard InChI is InChI=1S/C16H26ClNO2/c1-5-12(18)11-13-14(17)7-6-8-15(13)19-9-10-20-16(2,3)4/h6-8,12H,5,9-11,18H2,1-4H3. The van der Waals surface area contributed by atoms with Crippen molar-refractivity contribution in [3.63, 3.8) is 0 Å². The fourth-order valence-corrected chi connectivity index (χ4v) is 2.02. The third-order valence-corrected chi connectivity index (χ3v) is 3.30. The minimum Gasteiger partial charge on any atom is -0.491 e. The number of benzene rings is 1. The van der Waals surface area contributed by atoms with E-state index < -0.39 is 0 Å². The van der Waals surface area contributed by atoms with Crippen molar-refractivity contribution in [3.8, 4) is 5.75 Å². The minimum absolute atomic E-state index is 0.100. The number of halogens is 1. The first-order valence-corrected chi connectivity index (χ1v) is 7.51. The van der Waals surface area contributed by atoms with Crippen LogP contribution < -0.4 is 10.5 Å². The maximum Gasteiger partial charge on any atom is 0.124 e. The van der Waals surface area contributed by atoms with Crippen LogP contribution in [-0.4, -0.2) is 24.9 Å². The second-order valence-electron chi connectivity index (χ2n) is 5.90. The maximum atomic E-state index is 6.25. The summed E-state index contributed by atoms with van der Waals surface area (Å²) in [5.74, 6) is 0.805. The van der Waals surface area contributed by atoms with Gasteiger partial charge in [0.05, 0.1) is 12.2 Å². The van der Waals surface area contributed by atoms with Crippen LogP contribution in [0.3, 0.4) is 0 Å². The highest BCUT2D eigenvalue weighted by atomic mass is 35.5. The first-order chi connectivity index (χ1) is 9.33. The Balaban J connectivity index is 2.62. The molecule has 0 bridgehead atoms. The number of nitrogens with two attached hydrogens (primary N) is 1. The predicted octanol–water partition coefficient (Wildman–Crippen LogP) is 3.81. The van der Waals surface area contributed by atoms with Gasteiger partial charge in [0, 0.05) is 16.6 Å². The molecule has 0 aromatic heterocycles. The van der Waals surface area contributed by atoms with Crippen molar-refractivity contribution in [2.24, 2.45) is 5.73 Å². The van der Waals surface area contributed by atoms with Crippen LogP contribution in [0, 0.1) is 0 Å². The number of ether oxygens (including phenoxy) is 2. The third kappa shape index (κ3) is 6.12. The molecule has 0 spiro atoms. The van der Waals surface area contributed by atoms with Crippen molar-refractivity contribution in [2.75, 3.05) is 13.2 Å². The smallest absolute Gasteiger partial charge is 0.124 e. The van der Waals surface area contributed by atoms with Gasteiger partial charge in [0.1, 0.15) is 12.4 Å². The van der Waals surface area contributed by atoms with Gasteiger partial charge < -0.3 is 15.2 Å². The van der Waals surface area contributed by atoms with E-state index in [1.165, 1.54) is 0 Å². The van der Waals surface area contributed by atoms with E-state index in [-0.39, 0.29) is 11.6 Å². The zero-order valence-corrected chi connectivity index (χ0v) is 13.7. The molecule has 1 rings (SSSR count). The normalized spacial score (nSPS) is 13.3. The molecule has 1 atom stereocenters. The summed E-state index contributed by atoms with van der Waals surface area (Å²) in [4.78, 5) is 0. The topological polar surface area (TPSA) is 44.5 Å². The van der Waals surface area contributed by atoms with Crippen molar-refractivity contribution >= 4 is 11.6 Å². The van der Waals surface area contributed by atoms with Crippen molar-refractivity contribution in [1.29, 1.82) is 0 Å². The van der Waals surface area contributed by atoms with E-state index in [2.05, 4.69) is 6.92 Å². The Morgan fingerprint density at radius 1 is 1.25 bits per heavy atom. The van der Waals surface area contributed by atoms with Crippen LogP contribution in [0.2, 0.25) is 5.02 Å². The van der Waals surface area contributed by atoms with Gasteiger partial charge in [-0.1, -0.05) is 24.6 Å². The molecule has 0 saturated heterocycles. The molecule has 0 aliphatic carbocycles. The van der Waals surface area contributed by atoms with Gasteiger partial charge in [-0.15, -0.1) is 0 Å². The molecule has 1 aromatic rings. The van der Waals surface area contributed by atoms with Crippen molar-refractivity contribution in [2.45, 2.75) is 52.2 Å². The molecule has 4 heteroatoms. The first kappa shape index (κ1) is 17.3. The molecule has 2 N–H and O–H groups in total. The molecule has 0 saturated carbocycles. The lowest BCUT2D eigenvalue weighted by atomic mass is 10.0. The van der Waals surface area contributed by atoms with Crippen LogP contribution in [0.25, 0.3) is 0 Å². The monoisotopic (exact) mass is 299 g/mol. The highest BCUT2D eigenvalue weighted by molar-refractivity contribution is 6.31. The van der Waals surface area contributed by atoms with E-state index in [0.717, 1.165) is 24.2 Å². The molecule has 0 fully saturated rings. The summed E-state index contributed by atoms with van der Waals surface area (Å²) in [5.41, 5.74) is 6.85. The van der Waals surface area contributed by atoms with Crippen LogP contribution in [0.5, 0.6) is 5.75 Å². The van der Waals surface area contributed by atoms with Crippen LogP contribution >= 0.6 is 11.6 Å². The second-order valence-corrected chi connectivity index (χ2v) is 6.31. The van der Waals surface area contributed by atoms with Gasteiger partial charge in [-0.2, -0.15) is 0 Å². The van der Waals surface area contributed by atoms with Crippen molar-refractivity contribution < 1.29 is 9.47 Å². The Kier molecular flexibility index (Phi) is 6.80. The Labute approximate surface area is 127 Å². The predicted molar refractivity (Wildman–Crippen MR) is 84.6 cm³/mol. The largest absolute Gasteiger partial charge is 0.491 e. The maximum absolute atomic E-state index is 6.25. The summed E-state index contributed by atoms with van der Waals surface area (Å²) >= 11 is 6.25. The van der Waals surface area contributed by atoms with Crippen LogP contribution in [0.15, 0.2) is 18.2 Å². The molecular weight excluding hydrogens is 274 g/mol. The zero-order chi connectivity index (χ0) is 15.2. The van der Waals surface area contributed by atoms with Gasteiger partial charge in [0.2, 0.25) is 0 Å². The van der Waals surface area contributed by atoms with E-state index in [0.29, 0.717) is 18.2 Å². The molecule has 0 aliphatic rings. The summed E-state index contributed by atoms with van der Waals surface area (Å²) in [6.07, 6.45) is 1.64. The van der Waals surface area contributed by atoms with Gasteiger partial charge in [0.25, 0.3) is 0 Å². The molecule has 3 nitrogen and oxygen atoms in total. The number of hydrogen-bond donors (Lipinski definition) is 1. The SMILES string of the molecule is CCC(N)Cc1c(Cl)cccc1OCCOC(C)(C)C. The third-order valence-electron chi connectivity index (χ3n) is 2.94. The lowest BCUT2D eigenvalue weighted by molar-refractivity contribution is -0.0164. The van der Waals surface area contributed by atoms with E-state index in [4.69, 9.17) is 26.8 Å². The molecule has 1 aromatic carbocycles. The number of hydrogen-bond acceptors (Lipinski definition) is 3. The lowest BCUT2D eigenvalue weighted by Crippen LogP contribution is -2.23. The quantitative estimate of drug-likeness (QED) is 0.779. The fourth-order valence-electron chi connectivity index (χ4n) is 1.78. The Morgan fingerprint density at radius 3 is 2.55 bits per heavy atom. The van der Waals surface area contributed by atoms with Gasteiger partial charge in [-0.25, -0.2) is 0 Å². The van der Waals surface area contributed by atoms with Crippen LogP contribution in [-0.2, 0) is 11.2 Å². The molecule has 1 unspecified atom stereocenters. The highest BCUT2D eigenvalue weighted by Gasteiger charge is 2.13. The molecule has 0 aliphatic heterocycles. The fraction of sp³-hybridized carbons (Fsp3) is 0.625. The Bertz CT molecular complexity index is 415. The molecule has 20 heavy (non-hydrogen) atoms. The molecule has 0 heterocycles. The second kappa shape index (κ2) is 7.87. The summed E-state index contributed by atoms with van der Waals surface area (Å²) in [7, 11) is 0. The summed E-state index contributed by atoms with van der Waals surface area (Å²) in [6.45, 7) is 9.20. The zero-order valence-electron chi connectivity index (χ0n) is 12.9. The van der Waals surface area contributed by atoms with Crippen molar-refractivity contribution in [3.05, 3.63) is 28.8 Å². The van der Waals surface area contributed by atoms with Gasteiger partial charge >= 0.3 is 0 Å². The van der Waals surface area contributed by atoms with Gasteiger partial charge in [-0.05, 0) is 45.7 Å². The summed E-state index contributed by atoms with van der Waals surface area (Å²) in [5, 5.41) is 0.711. The first-order valence-electron chi connectivity index (χ1n) is 7.13. The lowest BCUT2D eigenvalue weighted by Gasteiger charge is -2.20. The number of rotatable bonds is 7. The Morgan fingerprint density at radius 2 is 1.95 bits per heavy atom. The average Bonchev–Trinajstić information content (AvgIpc) is 2.36. The summed E-state index contributed by atoms with van der Waals surface area (Å²) < 4.78 is 11.4. The van der Waals surface area contributed by atoms with E-state index in [9.17, 15) is 0 Å². The van der Waals surface area contributed by atoms with E-state index in [1.807, 2.05) is 39.0 Å². The van der Waals surface area contributed by atoms with E-state index >= 15 is 0 Å². The van der Waals surface area contributed by atoms with E-state index in [1.54, 1.807) is 0 Å². The highest BCUT2D eigenvalue weighted by Crippen LogP contribution is 2.28. The molecular formula is C16H26ClNO2. The molecule has 0 amide bonds. The van der Waals surface area contributed by atoms with Gasteiger partial charge in [-0.3, -0.25) is 0 Å².